The van der Waals surface area contributed by atoms with Crippen molar-refractivity contribution in [3.05, 3.63) is 70.0 Å². The van der Waals surface area contributed by atoms with E-state index in [1.165, 1.54) is 12.1 Å². The molecule has 4 heteroatoms. The molecule has 0 aliphatic carbocycles. The van der Waals surface area contributed by atoms with E-state index in [-0.39, 0.29) is 5.69 Å². The number of allylic oxidation sites excluding steroid dienone is 1. The number of pyridine rings is 1. The van der Waals surface area contributed by atoms with Crippen LogP contribution in [-0.4, -0.2) is 9.91 Å². The molecule has 1 aromatic heterocycles. The highest BCUT2D eigenvalue weighted by Crippen LogP contribution is 2.18. The molecule has 0 amide bonds. The molecular formula is C14H12N2O2. The first kappa shape index (κ1) is 12.0. The number of nitro groups is 1. The largest absolute Gasteiger partial charge is 0.269 e. The molecule has 90 valence electrons. The molecular weight excluding hydrogens is 228 g/mol. The third-order valence-electron chi connectivity index (χ3n) is 2.62. The molecule has 4 nitrogen and oxygen atoms in total. The summed E-state index contributed by atoms with van der Waals surface area (Å²) in [7, 11) is 0. The molecule has 2 rings (SSSR count). The van der Waals surface area contributed by atoms with Crippen molar-refractivity contribution in [3.63, 3.8) is 0 Å². The Morgan fingerprint density at radius 3 is 2.33 bits per heavy atom. The third kappa shape index (κ3) is 2.79. The quantitative estimate of drug-likeness (QED) is 0.609. The number of nitro benzene ring substituents is 1. The van der Waals surface area contributed by atoms with E-state index < -0.39 is 4.92 Å². The van der Waals surface area contributed by atoms with Crippen molar-refractivity contribution >= 4 is 17.3 Å². The molecule has 0 saturated carbocycles. The van der Waals surface area contributed by atoms with Gasteiger partial charge in [-0.05, 0) is 47.9 Å². The predicted molar refractivity (Wildman–Crippen MR) is 70.9 cm³/mol. The summed E-state index contributed by atoms with van der Waals surface area (Å²) < 4.78 is 0. The SMILES string of the molecule is C/C(=C\c1ccc([N+](=O)[O-])cc1)c1ccncc1. The van der Waals surface area contributed by atoms with E-state index in [4.69, 9.17) is 0 Å². The van der Waals surface area contributed by atoms with Crippen molar-refractivity contribution in [2.24, 2.45) is 0 Å². The molecule has 0 N–H and O–H groups in total. The Balaban J connectivity index is 2.25. The maximum Gasteiger partial charge on any atom is 0.269 e. The van der Waals surface area contributed by atoms with Gasteiger partial charge in [0.2, 0.25) is 0 Å². The van der Waals surface area contributed by atoms with Crippen LogP contribution in [0.1, 0.15) is 18.1 Å². The standard InChI is InChI=1S/C14H12N2O2/c1-11(13-6-8-15-9-7-13)10-12-2-4-14(5-3-12)16(17)18/h2-10H,1H3/b11-10+. The van der Waals surface area contributed by atoms with Crippen LogP contribution in [0.15, 0.2) is 48.8 Å². The van der Waals surface area contributed by atoms with Crippen LogP contribution in [0.4, 0.5) is 5.69 Å². The topological polar surface area (TPSA) is 56.0 Å². The van der Waals surface area contributed by atoms with Gasteiger partial charge in [-0.25, -0.2) is 0 Å². The first-order valence-electron chi connectivity index (χ1n) is 5.50. The summed E-state index contributed by atoms with van der Waals surface area (Å²) in [4.78, 5) is 14.1. The van der Waals surface area contributed by atoms with Crippen LogP contribution in [0.25, 0.3) is 11.6 Å². The lowest BCUT2D eigenvalue weighted by atomic mass is 10.1. The molecule has 18 heavy (non-hydrogen) atoms. The number of benzene rings is 1. The number of non-ortho nitro benzene ring substituents is 1. The lowest BCUT2D eigenvalue weighted by Gasteiger charge is -2.01. The highest BCUT2D eigenvalue weighted by atomic mass is 16.6. The van der Waals surface area contributed by atoms with Crippen LogP contribution in [0, 0.1) is 10.1 Å². The fourth-order valence-corrected chi connectivity index (χ4v) is 1.64. The number of nitrogens with zero attached hydrogens (tertiary/aromatic N) is 2. The Bertz CT molecular complexity index is 575. The summed E-state index contributed by atoms with van der Waals surface area (Å²) in [6, 6.07) is 10.3. The fraction of sp³-hybridized carbons (Fsp3) is 0.0714. The Kier molecular flexibility index (Phi) is 3.48. The number of aromatic nitrogens is 1. The summed E-state index contributed by atoms with van der Waals surface area (Å²) in [5.74, 6) is 0. The first-order valence-corrected chi connectivity index (χ1v) is 5.50. The van der Waals surface area contributed by atoms with E-state index in [1.807, 2.05) is 25.1 Å². The van der Waals surface area contributed by atoms with Crippen LogP contribution in [0.2, 0.25) is 0 Å². The average molecular weight is 240 g/mol. The molecule has 0 bridgehead atoms. The molecule has 1 aromatic carbocycles. The Hall–Kier alpha value is -2.49. The van der Waals surface area contributed by atoms with Gasteiger partial charge in [0.1, 0.15) is 0 Å². The van der Waals surface area contributed by atoms with Crippen LogP contribution >= 0.6 is 0 Å². The van der Waals surface area contributed by atoms with Crippen molar-refractivity contribution in [2.75, 3.05) is 0 Å². The lowest BCUT2D eigenvalue weighted by Crippen LogP contribution is -1.87. The Morgan fingerprint density at radius 1 is 1.17 bits per heavy atom. The molecule has 0 spiro atoms. The van der Waals surface area contributed by atoms with Crippen molar-refractivity contribution in [2.45, 2.75) is 6.92 Å². The van der Waals surface area contributed by atoms with Gasteiger partial charge in [-0.1, -0.05) is 6.08 Å². The molecule has 0 unspecified atom stereocenters. The van der Waals surface area contributed by atoms with Crippen LogP contribution in [0.3, 0.4) is 0 Å². The van der Waals surface area contributed by atoms with E-state index in [9.17, 15) is 10.1 Å². The normalized spacial score (nSPS) is 11.3. The van der Waals surface area contributed by atoms with Crippen molar-refractivity contribution in [3.8, 4) is 0 Å². The highest BCUT2D eigenvalue weighted by Gasteiger charge is 2.03. The Morgan fingerprint density at radius 2 is 1.78 bits per heavy atom. The van der Waals surface area contributed by atoms with Gasteiger partial charge in [-0.15, -0.1) is 0 Å². The maximum atomic E-state index is 10.5. The van der Waals surface area contributed by atoms with Crippen molar-refractivity contribution in [1.82, 2.24) is 4.98 Å². The molecule has 0 atom stereocenters. The molecule has 2 aromatic rings. The van der Waals surface area contributed by atoms with Crippen molar-refractivity contribution in [1.29, 1.82) is 0 Å². The van der Waals surface area contributed by atoms with Gasteiger partial charge in [0, 0.05) is 24.5 Å². The summed E-state index contributed by atoms with van der Waals surface area (Å²) >= 11 is 0. The average Bonchev–Trinajstić information content (AvgIpc) is 2.40. The molecule has 0 aliphatic heterocycles. The number of rotatable bonds is 3. The first-order chi connectivity index (χ1) is 8.66. The minimum Gasteiger partial charge on any atom is -0.265 e. The monoisotopic (exact) mass is 240 g/mol. The van der Waals surface area contributed by atoms with E-state index in [1.54, 1.807) is 24.5 Å². The molecule has 0 aliphatic rings. The number of hydrogen-bond acceptors (Lipinski definition) is 3. The van der Waals surface area contributed by atoms with Crippen LogP contribution in [-0.2, 0) is 0 Å². The summed E-state index contributed by atoms with van der Waals surface area (Å²) in [6.07, 6.45) is 5.46. The van der Waals surface area contributed by atoms with Gasteiger partial charge < -0.3 is 0 Å². The molecule has 0 saturated heterocycles. The molecule has 0 fully saturated rings. The smallest absolute Gasteiger partial charge is 0.265 e. The predicted octanol–water partition coefficient (Wildman–Crippen LogP) is 3.55. The second-order valence-corrected chi connectivity index (χ2v) is 3.91. The highest BCUT2D eigenvalue weighted by molar-refractivity contribution is 5.80. The van der Waals surface area contributed by atoms with Crippen LogP contribution < -0.4 is 0 Å². The van der Waals surface area contributed by atoms with E-state index >= 15 is 0 Å². The van der Waals surface area contributed by atoms with Gasteiger partial charge in [0.25, 0.3) is 5.69 Å². The van der Waals surface area contributed by atoms with E-state index in [0.717, 1.165) is 16.7 Å². The van der Waals surface area contributed by atoms with Gasteiger partial charge in [-0.2, -0.15) is 0 Å². The molecule has 1 heterocycles. The second kappa shape index (κ2) is 5.23. The van der Waals surface area contributed by atoms with Gasteiger partial charge in [0.15, 0.2) is 0 Å². The molecule has 0 radical (unpaired) electrons. The van der Waals surface area contributed by atoms with Gasteiger partial charge in [0.05, 0.1) is 4.92 Å². The minimum atomic E-state index is -0.400. The maximum absolute atomic E-state index is 10.5. The van der Waals surface area contributed by atoms with Crippen LogP contribution in [0.5, 0.6) is 0 Å². The third-order valence-corrected chi connectivity index (χ3v) is 2.62. The fourth-order valence-electron chi connectivity index (χ4n) is 1.64. The summed E-state index contributed by atoms with van der Waals surface area (Å²) in [5, 5.41) is 10.5. The van der Waals surface area contributed by atoms with Gasteiger partial charge in [-0.3, -0.25) is 15.1 Å². The Labute approximate surface area is 105 Å². The number of hydrogen-bond donors (Lipinski definition) is 0. The second-order valence-electron chi connectivity index (χ2n) is 3.91. The van der Waals surface area contributed by atoms with Gasteiger partial charge >= 0.3 is 0 Å². The zero-order valence-electron chi connectivity index (χ0n) is 9.91. The zero-order valence-corrected chi connectivity index (χ0v) is 9.91. The van der Waals surface area contributed by atoms with Crippen molar-refractivity contribution < 1.29 is 4.92 Å². The lowest BCUT2D eigenvalue weighted by molar-refractivity contribution is -0.384. The summed E-state index contributed by atoms with van der Waals surface area (Å²) in [6.45, 7) is 2.00. The van der Waals surface area contributed by atoms with E-state index in [2.05, 4.69) is 4.98 Å². The minimum absolute atomic E-state index is 0.105. The summed E-state index contributed by atoms with van der Waals surface area (Å²) in [5.41, 5.74) is 3.22. The van der Waals surface area contributed by atoms with E-state index in [0.29, 0.717) is 0 Å². The zero-order chi connectivity index (χ0) is 13.0.